The Morgan fingerprint density at radius 3 is 2.56 bits per heavy atom. The van der Waals surface area contributed by atoms with E-state index < -0.39 is 0 Å². The number of Topliss-reactive ketones (excluding diaryl/α,β-unsaturated/α-hetero) is 1. The van der Waals surface area contributed by atoms with Crippen molar-refractivity contribution in [2.75, 3.05) is 0 Å². The first-order chi connectivity index (χ1) is 7.79. The van der Waals surface area contributed by atoms with Gasteiger partial charge in [0.15, 0.2) is 5.78 Å². The predicted octanol–water partition coefficient (Wildman–Crippen LogP) is 3.86. The highest BCUT2D eigenvalue weighted by Crippen LogP contribution is 2.25. The third-order valence-corrected chi connectivity index (χ3v) is 3.30. The fourth-order valence-corrected chi connectivity index (χ4v) is 2.23. The molecule has 0 fully saturated rings. The number of rotatable bonds is 3. The minimum atomic E-state index is 0.00514. The molecule has 1 aromatic rings. The summed E-state index contributed by atoms with van der Waals surface area (Å²) in [5.74, 6) is 0.316. The van der Waals surface area contributed by atoms with E-state index in [0.29, 0.717) is 5.78 Å². The molecule has 1 heteroatoms. The lowest BCUT2D eigenvalue weighted by molar-refractivity contribution is -0.116. The van der Waals surface area contributed by atoms with E-state index in [4.69, 9.17) is 0 Å². The molecule has 0 saturated heterocycles. The van der Waals surface area contributed by atoms with Gasteiger partial charge < -0.3 is 0 Å². The highest BCUT2D eigenvalue weighted by Gasteiger charge is 2.19. The van der Waals surface area contributed by atoms with Crippen LogP contribution < -0.4 is 0 Å². The molecule has 0 amide bonds. The van der Waals surface area contributed by atoms with Gasteiger partial charge in [-0.15, -0.1) is 0 Å². The Morgan fingerprint density at radius 2 is 1.94 bits per heavy atom. The van der Waals surface area contributed by atoms with Crippen LogP contribution in [0.4, 0.5) is 0 Å². The Labute approximate surface area is 97.2 Å². The quantitative estimate of drug-likeness (QED) is 0.746. The SMILES string of the molecule is CC(C(=O)C1=CCCCC1)c1ccccc1. The Hall–Kier alpha value is -1.37. The molecule has 1 aliphatic rings. The lowest BCUT2D eigenvalue weighted by Gasteiger charge is -2.16. The van der Waals surface area contributed by atoms with E-state index in [1.165, 1.54) is 12.8 Å². The first kappa shape index (κ1) is 11.1. The number of ketones is 1. The second-order valence-electron chi connectivity index (χ2n) is 4.47. The average Bonchev–Trinajstić information content (AvgIpc) is 2.39. The zero-order valence-electron chi connectivity index (χ0n) is 9.78. The Bertz CT molecular complexity index is 389. The Balaban J connectivity index is 2.13. The fourth-order valence-electron chi connectivity index (χ4n) is 2.23. The van der Waals surface area contributed by atoms with Gasteiger partial charge in [0.05, 0.1) is 0 Å². The van der Waals surface area contributed by atoms with E-state index >= 15 is 0 Å². The van der Waals surface area contributed by atoms with Gasteiger partial charge >= 0.3 is 0 Å². The maximum absolute atomic E-state index is 12.2. The van der Waals surface area contributed by atoms with Gasteiger partial charge in [-0.25, -0.2) is 0 Å². The van der Waals surface area contributed by atoms with Crippen LogP contribution >= 0.6 is 0 Å². The number of benzene rings is 1. The molecule has 16 heavy (non-hydrogen) atoms. The third kappa shape index (κ3) is 2.41. The van der Waals surface area contributed by atoms with Crippen LogP contribution in [0.25, 0.3) is 0 Å². The summed E-state index contributed by atoms with van der Waals surface area (Å²) in [4.78, 5) is 12.2. The van der Waals surface area contributed by atoms with Crippen LogP contribution in [-0.4, -0.2) is 5.78 Å². The van der Waals surface area contributed by atoms with E-state index in [1.54, 1.807) is 0 Å². The Kier molecular flexibility index (Phi) is 3.55. The molecule has 0 saturated carbocycles. The minimum absolute atomic E-state index is 0.00514. The lowest BCUT2D eigenvalue weighted by atomic mass is 9.87. The second-order valence-corrected chi connectivity index (χ2v) is 4.47. The summed E-state index contributed by atoms with van der Waals surface area (Å²) in [6, 6.07) is 10.0. The summed E-state index contributed by atoms with van der Waals surface area (Å²) in [7, 11) is 0. The van der Waals surface area contributed by atoms with E-state index in [1.807, 2.05) is 37.3 Å². The van der Waals surface area contributed by atoms with E-state index in [-0.39, 0.29) is 5.92 Å². The molecular formula is C15H18O. The Morgan fingerprint density at radius 1 is 1.19 bits per heavy atom. The summed E-state index contributed by atoms with van der Waals surface area (Å²) in [5.41, 5.74) is 2.17. The molecule has 0 spiro atoms. The highest BCUT2D eigenvalue weighted by molar-refractivity contribution is 6.00. The average molecular weight is 214 g/mol. The van der Waals surface area contributed by atoms with Crippen molar-refractivity contribution in [2.45, 2.75) is 38.5 Å². The van der Waals surface area contributed by atoms with Gasteiger partial charge in [-0.2, -0.15) is 0 Å². The van der Waals surface area contributed by atoms with E-state index in [9.17, 15) is 4.79 Å². The van der Waals surface area contributed by atoms with Crippen molar-refractivity contribution in [3.63, 3.8) is 0 Å². The van der Waals surface area contributed by atoms with Crippen LogP contribution in [0.5, 0.6) is 0 Å². The van der Waals surface area contributed by atoms with Gasteiger partial charge in [0, 0.05) is 5.92 Å². The molecule has 0 aromatic heterocycles. The van der Waals surface area contributed by atoms with E-state index in [2.05, 4.69) is 6.08 Å². The summed E-state index contributed by atoms with van der Waals surface area (Å²) in [5, 5.41) is 0. The normalized spacial score (nSPS) is 17.7. The van der Waals surface area contributed by atoms with Crippen molar-refractivity contribution in [3.8, 4) is 0 Å². The molecule has 0 bridgehead atoms. The van der Waals surface area contributed by atoms with Gasteiger partial charge in [-0.05, 0) is 36.8 Å². The minimum Gasteiger partial charge on any atom is -0.294 e. The molecule has 1 atom stereocenters. The number of allylic oxidation sites excluding steroid dienone is 2. The third-order valence-electron chi connectivity index (χ3n) is 3.30. The largest absolute Gasteiger partial charge is 0.294 e. The molecule has 0 radical (unpaired) electrons. The van der Waals surface area contributed by atoms with Crippen molar-refractivity contribution < 1.29 is 4.79 Å². The standard InChI is InChI=1S/C15H18O/c1-12(13-8-4-2-5-9-13)15(16)14-10-6-3-7-11-14/h2,4-5,8-10,12H,3,6-7,11H2,1H3. The highest BCUT2D eigenvalue weighted by atomic mass is 16.1. The molecular weight excluding hydrogens is 196 g/mol. The van der Waals surface area contributed by atoms with Crippen LogP contribution in [0.2, 0.25) is 0 Å². The van der Waals surface area contributed by atoms with Crippen molar-refractivity contribution in [3.05, 3.63) is 47.5 Å². The van der Waals surface area contributed by atoms with Crippen molar-refractivity contribution in [1.29, 1.82) is 0 Å². The van der Waals surface area contributed by atoms with Crippen LogP contribution in [0.15, 0.2) is 42.0 Å². The van der Waals surface area contributed by atoms with E-state index in [0.717, 1.165) is 24.0 Å². The monoisotopic (exact) mass is 214 g/mol. The number of carbonyl (C=O) groups excluding carboxylic acids is 1. The predicted molar refractivity (Wildman–Crippen MR) is 66.4 cm³/mol. The van der Waals surface area contributed by atoms with Gasteiger partial charge in [0.25, 0.3) is 0 Å². The summed E-state index contributed by atoms with van der Waals surface area (Å²) in [6.07, 6.45) is 6.57. The zero-order valence-corrected chi connectivity index (χ0v) is 9.78. The van der Waals surface area contributed by atoms with Crippen molar-refractivity contribution in [1.82, 2.24) is 0 Å². The smallest absolute Gasteiger partial charge is 0.165 e. The summed E-state index contributed by atoms with van der Waals surface area (Å²) in [6.45, 7) is 2.01. The van der Waals surface area contributed by atoms with Crippen molar-refractivity contribution >= 4 is 5.78 Å². The van der Waals surface area contributed by atoms with Crippen molar-refractivity contribution in [2.24, 2.45) is 0 Å². The molecule has 1 unspecified atom stereocenters. The first-order valence-corrected chi connectivity index (χ1v) is 6.07. The molecule has 2 rings (SSSR count). The summed E-state index contributed by atoms with van der Waals surface area (Å²) < 4.78 is 0. The number of hydrogen-bond donors (Lipinski definition) is 0. The van der Waals surface area contributed by atoms with Gasteiger partial charge in [0.2, 0.25) is 0 Å². The second kappa shape index (κ2) is 5.11. The molecule has 1 nitrogen and oxygen atoms in total. The maximum Gasteiger partial charge on any atom is 0.165 e. The number of hydrogen-bond acceptors (Lipinski definition) is 1. The van der Waals surface area contributed by atoms with Crippen LogP contribution in [0, 0.1) is 0 Å². The van der Waals surface area contributed by atoms with Crippen LogP contribution in [-0.2, 0) is 4.79 Å². The molecule has 0 N–H and O–H groups in total. The lowest BCUT2D eigenvalue weighted by Crippen LogP contribution is -2.13. The van der Waals surface area contributed by atoms with Crippen LogP contribution in [0.3, 0.4) is 0 Å². The first-order valence-electron chi connectivity index (χ1n) is 6.07. The zero-order chi connectivity index (χ0) is 11.4. The topological polar surface area (TPSA) is 17.1 Å². The molecule has 0 aliphatic heterocycles. The summed E-state index contributed by atoms with van der Waals surface area (Å²) >= 11 is 0. The fraction of sp³-hybridized carbons (Fsp3) is 0.400. The van der Waals surface area contributed by atoms with Gasteiger partial charge in [-0.1, -0.05) is 43.3 Å². The molecule has 1 aliphatic carbocycles. The molecule has 84 valence electrons. The molecule has 0 heterocycles. The maximum atomic E-state index is 12.2. The van der Waals surface area contributed by atoms with Crippen LogP contribution in [0.1, 0.15) is 44.1 Å². The van der Waals surface area contributed by atoms with Gasteiger partial charge in [0.1, 0.15) is 0 Å². The van der Waals surface area contributed by atoms with Gasteiger partial charge in [-0.3, -0.25) is 4.79 Å². The molecule has 1 aromatic carbocycles. The number of carbonyl (C=O) groups is 1.